The van der Waals surface area contributed by atoms with Crippen LogP contribution < -0.4 is 15.5 Å². The van der Waals surface area contributed by atoms with E-state index in [1.54, 1.807) is 11.8 Å². The van der Waals surface area contributed by atoms with E-state index in [0.29, 0.717) is 18.2 Å². The second kappa shape index (κ2) is 14.4. The van der Waals surface area contributed by atoms with Gasteiger partial charge in [-0.25, -0.2) is 19.7 Å². The summed E-state index contributed by atoms with van der Waals surface area (Å²) in [6.07, 6.45) is -16.6. The molecule has 1 saturated heterocycles. The largest absolute Gasteiger partial charge is 0.481 e. The third kappa shape index (κ3) is 8.32. The van der Waals surface area contributed by atoms with E-state index in [9.17, 15) is 49.1 Å². The minimum atomic E-state index is -5.13. The van der Waals surface area contributed by atoms with Gasteiger partial charge in [0.1, 0.15) is 23.8 Å². The molecule has 0 unspecified atom stereocenters. The van der Waals surface area contributed by atoms with Crippen LogP contribution in [0.25, 0.3) is 0 Å². The van der Waals surface area contributed by atoms with Crippen molar-refractivity contribution in [2.75, 3.05) is 42.7 Å². The van der Waals surface area contributed by atoms with Crippen molar-refractivity contribution in [3.63, 3.8) is 0 Å². The minimum Gasteiger partial charge on any atom is -0.481 e. The third-order valence-corrected chi connectivity index (χ3v) is 8.65. The molecule has 2 aliphatic rings. The molecular weight excluding hydrogens is 719 g/mol. The normalized spacial score (nSPS) is 19.7. The molecule has 0 saturated carbocycles. The van der Waals surface area contributed by atoms with Gasteiger partial charge in [0.25, 0.3) is 0 Å². The Balaban J connectivity index is 1.67. The summed E-state index contributed by atoms with van der Waals surface area (Å²) >= 11 is 0. The Morgan fingerprint density at radius 3 is 2.15 bits per heavy atom. The zero-order chi connectivity index (χ0) is 38.2. The van der Waals surface area contributed by atoms with Crippen LogP contribution in [0.2, 0.25) is 0 Å². The predicted octanol–water partition coefficient (Wildman–Crippen LogP) is 6.37. The highest BCUT2D eigenvalue weighted by Crippen LogP contribution is 2.46. The van der Waals surface area contributed by atoms with Crippen molar-refractivity contribution < 1.29 is 63.7 Å². The van der Waals surface area contributed by atoms with Gasteiger partial charge in [0.2, 0.25) is 0 Å². The first-order valence-corrected chi connectivity index (χ1v) is 15.7. The summed E-state index contributed by atoms with van der Waals surface area (Å²) in [5, 5.41) is 8.96. The Kier molecular flexibility index (Phi) is 10.6. The summed E-state index contributed by atoms with van der Waals surface area (Å²) < 4.78 is 135. The van der Waals surface area contributed by atoms with Crippen molar-refractivity contribution in [2.24, 2.45) is 5.73 Å². The number of hydrogen-bond donors (Lipinski definition) is 2. The lowest BCUT2D eigenvalue weighted by Crippen LogP contribution is -2.62. The van der Waals surface area contributed by atoms with Crippen molar-refractivity contribution in [1.82, 2.24) is 15.0 Å². The number of carbonyl (C=O) groups is 2. The summed E-state index contributed by atoms with van der Waals surface area (Å²) in [7, 11) is 0. The number of benzene rings is 1. The molecule has 0 radical (unpaired) electrons. The molecule has 2 aromatic heterocycles. The average molecular weight is 751 g/mol. The molecule has 2 aliphatic heterocycles. The molecule has 11 nitrogen and oxygen atoms in total. The molecule has 20 heteroatoms. The first kappa shape index (κ1) is 38.5. The fourth-order valence-electron chi connectivity index (χ4n) is 6.05. The van der Waals surface area contributed by atoms with E-state index in [4.69, 9.17) is 20.3 Å². The number of rotatable bonds is 8. The van der Waals surface area contributed by atoms with Gasteiger partial charge < -0.3 is 25.2 Å². The highest BCUT2D eigenvalue weighted by molar-refractivity contribution is 5.91. The number of alkyl halides is 9. The number of aromatic nitrogens is 3. The van der Waals surface area contributed by atoms with Crippen molar-refractivity contribution in [3.8, 4) is 0 Å². The Morgan fingerprint density at radius 2 is 1.60 bits per heavy atom. The maximum atomic E-state index is 13.9. The van der Waals surface area contributed by atoms with Gasteiger partial charge in [-0.2, -0.15) is 39.5 Å². The average Bonchev–Trinajstić information content (AvgIpc) is 3.06. The summed E-state index contributed by atoms with van der Waals surface area (Å²) in [6.45, 7) is 1.96. The number of pyridine rings is 1. The summed E-state index contributed by atoms with van der Waals surface area (Å²) in [4.78, 5) is 39.6. The molecular formula is C32H31F9N6O5. The molecule has 0 bridgehead atoms. The molecule has 282 valence electrons. The molecule has 3 N–H and O–H groups in total. The van der Waals surface area contributed by atoms with Crippen molar-refractivity contribution in [1.29, 1.82) is 0 Å². The number of morpholine rings is 1. The monoisotopic (exact) mass is 750 g/mol. The zero-order valence-corrected chi connectivity index (χ0v) is 27.2. The van der Waals surface area contributed by atoms with Gasteiger partial charge in [-0.15, -0.1) is 0 Å². The Bertz CT molecular complexity index is 1780. The fraction of sp³-hybridized carbons (Fsp3) is 0.469. The fourth-order valence-corrected chi connectivity index (χ4v) is 6.05. The number of halogens is 9. The maximum Gasteiger partial charge on any atom is 0.433 e. The van der Waals surface area contributed by atoms with E-state index in [-0.39, 0.29) is 73.8 Å². The number of aliphatic carboxylic acids is 1. The Hall–Kier alpha value is -4.72. The van der Waals surface area contributed by atoms with Crippen LogP contribution in [-0.4, -0.2) is 70.7 Å². The van der Waals surface area contributed by atoms with Crippen LogP contribution in [0.4, 0.5) is 55.7 Å². The molecule has 0 aliphatic carbocycles. The van der Waals surface area contributed by atoms with Crippen LogP contribution in [0.5, 0.6) is 0 Å². The number of carbonyl (C=O) groups excluding carboxylic acids is 1. The second-order valence-corrected chi connectivity index (χ2v) is 12.2. The number of carboxylic acids is 1. The van der Waals surface area contributed by atoms with E-state index in [0.717, 1.165) is 11.0 Å². The molecule has 3 aromatic rings. The van der Waals surface area contributed by atoms with Crippen molar-refractivity contribution >= 4 is 23.4 Å². The van der Waals surface area contributed by atoms with Gasteiger partial charge in [-0.1, -0.05) is 6.92 Å². The lowest BCUT2D eigenvalue weighted by molar-refractivity contribution is -0.143. The second-order valence-electron chi connectivity index (χ2n) is 12.2. The molecule has 4 heterocycles. The first-order valence-electron chi connectivity index (χ1n) is 15.7. The van der Waals surface area contributed by atoms with Crippen molar-refractivity contribution in [3.05, 3.63) is 76.1 Å². The maximum absolute atomic E-state index is 13.9. The predicted molar refractivity (Wildman–Crippen MR) is 163 cm³/mol. The van der Waals surface area contributed by atoms with Gasteiger partial charge in [0, 0.05) is 19.5 Å². The quantitative estimate of drug-likeness (QED) is 0.249. The highest BCUT2D eigenvalue weighted by Gasteiger charge is 2.48. The first-order chi connectivity index (χ1) is 24.2. The van der Waals surface area contributed by atoms with E-state index in [2.05, 4.69) is 15.0 Å². The number of nitrogens with two attached hydrogens (primary N) is 1. The van der Waals surface area contributed by atoms with E-state index >= 15 is 0 Å². The molecule has 5 rings (SSSR count). The van der Waals surface area contributed by atoms with Crippen LogP contribution in [-0.2, 0) is 39.2 Å². The molecule has 1 aromatic carbocycles. The van der Waals surface area contributed by atoms with Gasteiger partial charge in [-0.3, -0.25) is 9.69 Å². The van der Waals surface area contributed by atoms with Crippen LogP contribution in [0, 0.1) is 0 Å². The zero-order valence-electron chi connectivity index (χ0n) is 27.2. The molecule has 52 heavy (non-hydrogen) atoms. The number of nitrogens with zero attached hydrogens (tertiary/aromatic N) is 5. The van der Waals surface area contributed by atoms with Gasteiger partial charge >= 0.3 is 30.6 Å². The SMILES string of the molecule is CC[C@]1(N)C[C@H](c2ncc(N3CCOCC3)c(Cc3cc(C(F)(F)F)cc(C(F)(F)F)c3)n2)c2nc(C(F)(F)F)ccc2N1C(=O)OCCC(=O)O. The molecule has 0 spiro atoms. The van der Waals surface area contributed by atoms with Crippen LogP contribution in [0.15, 0.2) is 36.5 Å². The van der Waals surface area contributed by atoms with Crippen LogP contribution in [0.3, 0.4) is 0 Å². The summed E-state index contributed by atoms with van der Waals surface area (Å²) in [6, 6.07) is 2.66. The Morgan fingerprint density at radius 1 is 0.962 bits per heavy atom. The molecule has 1 fully saturated rings. The van der Waals surface area contributed by atoms with Gasteiger partial charge in [-0.05, 0) is 48.7 Å². The van der Waals surface area contributed by atoms with Gasteiger partial charge in [0.15, 0.2) is 0 Å². The van der Waals surface area contributed by atoms with E-state index in [1.807, 2.05) is 0 Å². The summed E-state index contributed by atoms with van der Waals surface area (Å²) in [5.74, 6) is -2.79. The number of ether oxygens (including phenoxy) is 2. The smallest absolute Gasteiger partial charge is 0.433 e. The Labute approximate surface area is 289 Å². The van der Waals surface area contributed by atoms with Crippen LogP contribution >= 0.6 is 0 Å². The standard InChI is InChI=1S/C32H31F9N6O5/c1-2-29(42)15-20(26-22(3-4-24(45-26)32(39,40)41)47(29)28(50)52-8-5-25(48)49)27-43-16-23(46-6-9-51-10-7-46)21(44-27)13-17-11-18(30(33,34)35)14-19(12-17)31(36,37)38/h3-4,11-12,14,16,20H,2,5-10,13,15,42H2,1H3,(H,48,49)/t20-,29+/m0/s1. The van der Waals surface area contributed by atoms with E-state index < -0.39 is 84.0 Å². The molecule has 2 atom stereocenters. The lowest BCUT2D eigenvalue weighted by atomic mass is 9.83. The number of carboxylic acid groups (broad SMARTS) is 1. The van der Waals surface area contributed by atoms with E-state index in [1.165, 1.54) is 6.20 Å². The van der Waals surface area contributed by atoms with Crippen molar-refractivity contribution in [2.45, 2.75) is 62.7 Å². The number of fused-ring (bicyclic) bond motifs is 1. The lowest BCUT2D eigenvalue weighted by Gasteiger charge is -2.46. The van der Waals surface area contributed by atoms with Crippen LogP contribution in [0.1, 0.15) is 71.7 Å². The topological polar surface area (TPSA) is 144 Å². The molecule has 1 amide bonds. The van der Waals surface area contributed by atoms with Gasteiger partial charge in [0.05, 0.1) is 65.6 Å². The number of hydrogen-bond acceptors (Lipinski definition) is 9. The third-order valence-electron chi connectivity index (χ3n) is 8.65. The highest BCUT2D eigenvalue weighted by atomic mass is 19.4. The summed E-state index contributed by atoms with van der Waals surface area (Å²) in [5.41, 5.74) is -0.261. The number of anilines is 2. The minimum absolute atomic E-state index is 0.00926. The number of amides is 1.